The van der Waals surface area contributed by atoms with E-state index in [2.05, 4.69) is 10.1 Å². The van der Waals surface area contributed by atoms with Gasteiger partial charge in [-0.2, -0.15) is 4.98 Å². The summed E-state index contributed by atoms with van der Waals surface area (Å²) in [6.45, 7) is 1.12. The van der Waals surface area contributed by atoms with Crippen molar-refractivity contribution < 1.29 is 27.9 Å². The third-order valence-electron chi connectivity index (χ3n) is 4.45. The van der Waals surface area contributed by atoms with Crippen LogP contribution >= 0.6 is 0 Å². The molecule has 0 spiro atoms. The number of rotatable bonds is 7. The number of aromatic nitrogens is 2. The third-order valence-corrected chi connectivity index (χ3v) is 4.45. The quantitative estimate of drug-likeness (QED) is 0.560. The second-order valence-corrected chi connectivity index (χ2v) is 6.57. The highest BCUT2D eigenvalue weighted by atomic mass is 19.1. The first-order valence-corrected chi connectivity index (χ1v) is 9.27. The molecule has 1 aliphatic rings. The Morgan fingerprint density at radius 2 is 1.93 bits per heavy atom. The van der Waals surface area contributed by atoms with Crippen LogP contribution in [-0.4, -0.2) is 35.4 Å². The molecule has 3 aromatic rings. The third kappa shape index (κ3) is 4.97. The van der Waals surface area contributed by atoms with Crippen LogP contribution in [0.25, 0.3) is 11.4 Å². The van der Waals surface area contributed by atoms with Crippen molar-refractivity contribution in [3.63, 3.8) is 0 Å². The van der Waals surface area contributed by atoms with Gasteiger partial charge in [0, 0.05) is 12.2 Å². The van der Waals surface area contributed by atoms with Crippen molar-refractivity contribution in [1.29, 1.82) is 0 Å². The minimum atomic E-state index is -0.516. The number of benzene rings is 2. The Morgan fingerprint density at radius 3 is 2.66 bits per heavy atom. The molecule has 2 aromatic carbocycles. The summed E-state index contributed by atoms with van der Waals surface area (Å²) in [5.74, 6) is 0.239. The maximum absolute atomic E-state index is 13.0. The minimum absolute atomic E-state index is 0.133. The molecule has 4 rings (SSSR count). The molecule has 1 fully saturated rings. The summed E-state index contributed by atoms with van der Waals surface area (Å²) in [5, 5.41) is 3.80. The summed E-state index contributed by atoms with van der Waals surface area (Å²) in [5.41, 5.74) is 0.985. The lowest BCUT2D eigenvalue weighted by Gasteiger charge is -2.11. The van der Waals surface area contributed by atoms with Crippen molar-refractivity contribution in [2.45, 2.75) is 25.6 Å². The maximum Gasteiger partial charge on any atom is 0.338 e. The van der Waals surface area contributed by atoms with Gasteiger partial charge in [0.15, 0.2) is 6.61 Å². The monoisotopic (exact) mass is 398 g/mol. The Labute approximate surface area is 166 Å². The second kappa shape index (κ2) is 8.83. The molecular weight excluding hydrogens is 379 g/mol. The van der Waals surface area contributed by atoms with Crippen molar-refractivity contribution in [2.75, 3.05) is 13.2 Å². The Balaban J connectivity index is 1.28. The van der Waals surface area contributed by atoms with Crippen molar-refractivity contribution in [3.05, 3.63) is 65.8 Å². The number of esters is 1. The number of hydrogen-bond acceptors (Lipinski definition) is 7. The normalized spacial score (nSPS) is 16.0. The first-order valence-electron chi connectivity index (χ1n) is 9.27. The molecule has 0 aliphatic carbocycles. The van der Waals surface area contributed by atoms with E-state index in [0.717, 1.165) is 19.4 Å². The Morgan fingerprint density at radius 1 is 1.14 bits per heavy atom. The number of halogens is 1. The van der Waals surface area contributed by atoms with Gasteiger partial charge in [0.25, 0.3) is 5.89 Å². The average molecular weight is 398 g/mol. The number of nitrogens with zero attached hydrogens (tertiary/aromatic N) is 2. The van der Waals surface area contributed by atoms with Gasteiger partial charge in [-0.25, -0.2) is 9.18 Å². The van der Waals surface area contributed by atoms with E-state index >= 15 is 0 Å². The Hall–Kier alpha value is -3.26. The van der Waals surface area contributed by atoms with Crippen LogP contribution < -0.4 is 4.74 Å². The van der Waals surface area contributed by atoms with Gasteiger partial charge in [0.2, 0.25) is 5.82 Å². The number of carbonyl (C=O) groups excluding carboxylic acids is 1. The van der Waals surface area contributed by atoms with Crippen LogP contribution in [0.1, 0.15) is 29.1 Å². The zero-order chi connectivity index (χ0) is 20.1. The highest BCUT2D eigenvalue weighted by Gasteiger charge is 2.16. The number of carbonyl (C=O) groups is 1. The maximum atomic E-state index is 13.0. The predicted octanol–water partition coefficient (Wildman–Crippen LogP) is 3.79. The highest BCUT2D eigenvalue weighted by Crippen LogP contribution is 2.18. The molecule has 0 radical (unpaired) electrons. The minimum Gasteiger partial charge on any atom is -0.491 e. The van der Waals surface area contributed by atoms with E-state index in [1.165, 1.54) is 12.1 Å². The summed E-state index contributed by atoms with van der Waals surface area (Å²) >= 11 is 0. The fraction of sp³-hybridized carbons (Fsp3) is 0.286. The van der Waals surface area contributed by atoms with Crippen LogP contribution in [0.5, 0.6) is 5.75 Å². The van der Waals surface area contributed by atoms with Crippen molar-refractivity contribution in [2.24, 2.45) is 0 Å². The lowest BCUT2D eigenvalue weighted by Crippen LogP contribution is -2.16. The van der Waals surface area contributed by atoms with Gasteiger partial charge in [-0.05, 0) is 61.4 Å². The molecule has 1 atom stereocenters. The van der Waals surface area contributed by atoms with Crippen LogP contribution in [-0.2, 0) is 16.1 Å². The largest absolute Gasteiger partial charge is 0.491 e. The van der Waals surface area contributed by atoms with Gasteiger partial charge < -0.3 is 18.7 Å². The second-order valence-electron chi connectivity index (χ2n) is 6.57. The summed E-state index contributed by atoms with van der Waals surface area (Å²) in [6.07, 6.45) is 2.20. The van der Waals surface area contributed by atoms with Crippen LogP contribution in [0.2, 0.25) is 0 Å². The summed E-state index contributed by atoms with van der Waals surface area (Å²) < 4.78 is 34.4. The standard InChI is InChI=1S/C21H19FN2O5/c22-16-7-3-14(4-8-16)20-23-19(29-24-20)13-28-21(25)15-5-9-17(10-6-15)27-12-18-2-1-11-26-18/h3-10,18H,1-2,11-13H2/t18-/m0/s1. The highest BCUT2D eigenvalue weighted by molar-refractivity contribution is 5.89. The lowest BCUT2D eigenvalue weighted by atomic mass is 10.2. The molecule has 0 N–H and O–H groups in total. The van der Waals surface area contributed by atoms with Crippen LogP contribution in [0.3, 0.4) is 0 Å². The number of ether oxygens (including phenoxy) is 3. The van der Waals surface area contributed by atoms with Crippen molar-refractivity contribution >= 4 is 5.97 Å². The Kier molecular flexibility index (Phi) is 5.81. The Bertz CT molecular complexity index is 950. The average Bonchev–Trinajstić information content (AvgIpc) is 3.44. The summed E-state index contributed by atoms with van der Waals surface area (Å²) in [7, 11) is 0. The van der Waals surface area contributed by atoms with E-state index in [4.69, 9.17) is 18.7 Å². The lowest BCUT2D eigenvalue weighted by molar-refractivity contribution is 0.0429. The first-order chi connectivity index (χ1) is 14.2. The molecule has 0 saturated carbocycles. The zero-order valence-corrected chi connectivity index (χ0v) is 15.5. The molecule has 7 nitrogen and oxygen atoms in total. The molecular formula is C21H19FN2O5. The SMILES string of the molecule is O=C(OCc1nc(-c2ccc(F)cc2)no1)c1ccc(OC[C@@H]2CCCO2)cc1. The van der Waals surface area contributed by atoms with E-state index in [9.17, 15) is 9.18 Å². The van der Waals surface area contributed by atoms with Gasteiger partial charge in [0.05, 0.1) is 11.7 Å². The van der Waals surface area contributed by atoms with Crippen molar-refractivity contribution in [1.82, 2.24) is 10.1 Å². The van der Waals surface area contributed by atoms with Crippen molar-refractivity contribution in [3.8, 4) is 17.1 Å². The molecule has 2 heterocycles. The van der Waals surface area contributed by atoms with Crippen LogP contribution in [0.15, 0.2) is 53.1 Å². The van der Waals surface area contributed by atoms with E-state index in [1.807, 2.05) is 0 Å². The van der Waals surface area contributed by atoms with Crippen LogP contribution in [0.4, 0.5) is 4.39 Å². The molecule has 1 aliphatic heterocycles. The smallest absolute Gasteiger partial charge is 0.338 e. The zero-order valence-electron chi connectivity index (χ0n) is 15.5. The molecule has 0 unspecified atom stereocenters. The topological polar surface area (TPSA) is 83.7 Å². The summed E-state index contributed by atoms with van der Waals surface area (Å²) in [6, 6.07) is 12.4. The van der Waals surface area contributed by atoms with Gasteiger partial charge >= 0.3 is 5.97 Å². The molecule has 8 heteroatoms. The molecule has 1 saturated heterocycles. The van der Waals surface area contributed by atoms with Gasteiger partial charge in [-0.15, -0.1) is 0 Å². The van der Waals surface area contributed by atoms with Gasteiger partial charge in [-0.1, -0.05) is 5.16 Å². The van der Waals surface area contributed by atoms with Crippen LogP contribution in [0, 0.1) is 5.82 Å². The van der Waals surface area contributed by atoms with E-state index in [0.29, 0.717) is 29.3 Å². The first kappa shape index (κ1) is 19.1. The fourth-order valence-electron chi connectivity index (χ4n) is 2.89. The molecule has 29 heavy (non-hydrogen) atoms. The molecule has 0 amide bonds. The van der Waals surface area contributed by atoms with E-state index < -0.39 is 5.97 Å². The molecule has 150 valence electrons. The summed E-state index contributed by atoms with van der Waals surface area (Å²) in [4.78, 5) is 16.3. The van der Waals surface area contributed by atoms with E-state index in [1.54, 1.807) is 36.4 Å². The predicted molar refractivity (Wildman–Crippen MR) is 99.7 cm³/mol. The van der Waals surface area contributed by atoms with E-state index in [-0.39, 0.29) is 24.4 Å². The number of hydrogen-bond donors (Lipinski definition) is 0. The van der Waals surface area contributed by atoms with Gasteiger partial charge in [-0.3, -0.25) is 0 Å². The molecule has 1 aromatic heterocycles. The fourth-order valence-corrected chi connectivity index (χ4v) is 2.89. The molecule has 0 bridgehead atoms. The van der Waals surface area contributed by atoms with Gasteiger partial charge in [0.1, 0.15) is 18.2 Å².